The van der Waals surface area contributed by atoms with Gasteiger partial charge in [-0.25, -0.2) is 0 Å². The number of benzene rings is 1. The third-order valence-corrected chi connectivity index (χ3v) is 2.93. The van der Waals surface area contributed by atoms with E-state index in [2.05, 4.69) is 31.2 Å². The van der Waals surface area contributed by atoms with E-state index in [4.69, 9.17) is 11.2 Å². The van der Waals surface area contributed by atoms with E-state index in [-0.39, 0.29) is 12.1 Å². The van der Waals surface area contributed by atoms with Crippen molar-refractivity contribution < 1.29 is 4.74 Å². The molecule has 1 rings (SSSR count). The van der Waals surface area contributed by atoms with Crippen LogP contribution in [0.1, 0.15) is 38.3 Å². The third-order valence-electron chi connectivity index (χ3n) is 2.93. The molecule has 2 atom stereocenters. The zero-order chi connectivity index (χ0) is 12.7. The minimum Gasteiger partial charge on any atom is -0.496 e. The van der Waals surface area contributed by atoms with Crippen molar-refractivity contribution in [2.45, 2.75) is 38.8 Å². The highest BCUT2D eigenvalue weighted by molar-refractivity contribution is 5.36. The molecule has 2 unspecified atom stereocenters. The van der Waals surface area contributed by atoms with Crippen LogP contribution in [0.4, 0.5) is 0 Å². The average Bonchev–Trinajstić information content (AvgIpc) is 2.40. The van der Waals surface area contributed by atoms with Crippen LogP contribution in [0.25, 0.3) is 0 Å². The molecule has 1 aromatic rings. The van der Waals surface area contributed by atoms with Crippen molar-refractivity contribution in [1.82, 2.24) is 5.32 Å². The molecule has 17 heavy (non-hydrogen) atoms. The number of para-hydroxylation sites is 1. The van der Waals surface area contributed by atoms with Crippen LogP contribution >= 0.6 is 0 Å². The molecule has 0 saturated carbocycles. The van der Waals surface area contributed by atoms with Gasteiger partial charge < -0.3 is 4.74 Å². The Hall–Kier alpha value is -1.46. The minimum absolute atomic E-state index is 0.116. The fourth-order valence-corrected chi connectivity index (χ4v) is 1.91. The zero-order valence-electron chi connectivity index (χ0n) is 10.9. The summed E-state index contributed by atoms with van der Waals surface area (Å²) in [4.78, 5) is 0. The van der Waals surface area contributed by atoms with Gasteiger partial charge in [0.2, 0.25) is 0 Å². The van der Waals surface area contributed by atoms with Crippen molar-refractivity contribution in [2.24, 2.45) is 0 Å². The first kappa shape index (κ1) is 13.6. The predicted molar refractivity (Wildman–Crippen MR) is 72.1 cm³/mol. The van der Waals surface area contributed by atoms with Crippen LogP contribution in [0, 0.1) is 12.3 Å². The van der Waals surface area contributed by atoms with E-state index in [9.17, 15) is 0 Å². The Balaban J connectivity index is 2.90. The summed E-state index contributed by atoms with van der Waals surface area (Å²) in [5.41, 5.74) is 1.17. The van der Waals surface area contributed by atoms with Crippen molar-refractivity contribution in [3.05, 3.63) is 29.8 Å². The lowest BCUT2D eigenvalue weighted by atomic mass is 10.0. The van der Waals surface area contributed by atoms with Crippen LogP contribution in [-0.2, 0) is 0 Å². The quantitative estimate of drug-likeness (QED) is 0.759. The highest BCUT2D eigenvalue weighted by Gasteiger charge is 2.16. The lowest BCUT2D eigenvalue weighted by Gasteiger charge is -2.23. The number of rotatable bonds is 6. The first-order valence-corrected chi connectivity index (χ1v) is 6.11. The zero-order valence-corrected chi connectivity index (χ0v) is 10.9. The molecule has 0 bridgehead atoms. The standard InChI is InChI=1S/C15H21NO/c1-5-12(6-2)16-14(7-3)13-10-8-9-11-15(13)17-4/h1,8-12,14,16H,6-7H2,2-4H3. The Bertz CT molecular complexity index is 381. The lowest BCUT2D eigenvalue weighted by molar-refractivity contribution is 0.391. The molecule has 1 N–H and O–H groups in total. The Morgan fingerprint density at radius 1 is 1.29 bits per heavy atom. The van der Waals surface area contributed by atoms with Crippen molar-refractivity contribution in [1.29, 1.82) is 0 Å². The maximum absolute atomic E-state index is 5.49. The van der Waals surface area contributed by atoms with Crippen LogP contribution in [-0.4, -0.2) is 13.2 Å². The van der Waals surface area contributed by atoms with E-state index in [0.29, 0.717) is 0 Å². The van der Waals surface area contributed by atoms with E-state index in [1.807, 2.05) is 18.2 Å². The summed E-state index contributed by atoms with van der Waals surface area (Å²) in [5.74, 6) is 3.69. The van der Waals surface area contributed by atoms with Gasteiger partial charge in [0, 0.05) is 11.6 Å². The Morgan fingerprint density at radius 3 is 2.53 bits per heavy atom. The normalized spacial score (nSPS) is 13.8. The first-order valence-electron chi connectivity index (χ1n) is 6.11. The fourth-order valence-electron chi connectivity index (χ4n) is 1.91. The van der Waals surface area contributed by atoms with Gasteiger partial charge in [0.25, 0.3) is 0 Å². The van der Waals surface area contributed by atoms with Crippen LogP contribution in [0.3, 0.4) is 0 Å². The topological polar surface area (TPSA) is 21.3 Å². The number of methoxy groups -OCH3 is 1. The van der Waals surface area contributed by atoms with E-state index >= 15 is 0 Å². The van der Waals surface area contributed by atoms with Crippen LogP contribution in [0.5, 0.6) is 5.75 Å². The third kappa shape index (κ3) is 3.51. The molecule has 2 nitrogen and oxygen atoms in total. The van der Waals surface area contributed by atoms with Crippen LogP contribution in [0.15, 0.2) is 24.3 Å². The molecule has 0 aromatic heterocycles. The molecule has 0 amide bonds. The first-order chi connectivity index (χ1) is 8.26. The Morgan fingerprint density at radius 2 is 2.00 bits per heavy atom. The summed E-state index contributed by atoms with van der Waals surface area (Å²) in [6, 6.07) is 8.43. The van der Waals surface area contributed by atoms with E-state index in [1.54, 1.807) is 7.11 Å². The van der Waals surface area contributed by atoms with E-state index in [1.165, 1.54) is 5.56 Å². The molecule has 0 radical (unpaired) electrons. The highest BCUT2D eigenvalue weighted by atomic mass is 16.5. The van der Waals surface area contributed by atoms with Gasteiger partial charge in [-0.2, -0.15) is 0 Å². The van der Waals surface area contributed by atoms with Gasteiger partial charge in [-0.1, -0.05) is 38.0 Å². The van der Waals surface area contributed by atoms with Crippen LogP contribution in [0.2, 0.25) is 0 Å². The van der Waals surface area contributed by atoms with Crippen molar-refractivity contribution in [2.75, 3.05) is 7.11 Å². The molecule has 1 aromatic carbocycles. The van der Waals surface area contributed by atoms with Gasteiger partial charge in [-0.15, -0.1) is 6.42 Å². The van der Waals surface area contributed by atoms with Gasteiger partial charge in [0.1, 0.15) is 5.75 Å². The molecule has 0 spiro atoms. The summed E-state index contributed by atoms with van der Waals surface area (Å²) in [6.45, 7) is 4.24. The molecule has 0 aliphatic rings. The predicted octanol–water partition coefficient (Wildman–Crippen LogP) is 3.15. The number of nitrogens with one attached hydrogen (secondary N) is 1. The second-order valence-electron chi connectivity index (χ2n) is 4.00. The molecule has 0 saturated heterocycles. The fraction of sp³-hybridized carbons (Fsp3) is 0.467. The Kier molecular flexibility index (Phi) is 5.59. The second kappa shape index (κ2) is 6.98. The lowest BCUT2D eigenvalue weighted by Crippen LogP contribution is -2.31. The average molecular weight is 231 g/mol. The summed E-state index contributed by atoms with van der Waals surface area (Å²) in [7, 11) is 1.70. The molecule has 92 valence electrons. The number of hydrogen-bond acceptors (Lipinski definition) is 2. The molecule has 0 aliphatic heterocycles. The highest BCUT2D eigenvalue weighted by Crippen LogP contribution is 2.27. The largest absolute Gasteiger partial charge is 0.496 e. The van der Waals surface area contributed by atoms with Crippen molar-refractivity contribution in [3.8, 4) is 18.1 Å². The smallest absolute Gasteiger partial charge is 0.123 e. The monoisotopic (exact) mass is 231 g/mol. The SMILES string of the molecule is C#CC(CC)NC(CC)c1ccccc1OC. The number of hydrogen-bond donors (Lipinski definition) is 1. The van der Waals surface area contributed by atoms with Gasteiger partial charge in [0.05, 0.1) is 13.2 Å². The summed E-state index contributed by atoms with van der Waals surface area (Å²) in [5, 5.41) is 3.48. The number of terminal acetylenes is 1. The van der Waals surface area contributed by atoms with E-state index < -0.39 is 0 Å². The summed E-state index contributed by atoms with van der Waals surface area (Å²) < 4.78 is 5.39. The van der Waals surface area contributed by atoms with Gasteiger partial charge in [-0.3, -0.25) is 5.32 Å². The maximum Gasteiger partial charge on any atom is 0.123 e. The second-order valence-corrected chi connectivity index (χ2v) is 4.00. The Labute approximate surface area is 104 Å². The van der Waals surface area contributed by atoms with Gasteiger partial charge in [0.15, 0.2) is 0 Å². The number of ether oxygens (including phenoxy) is 1. The molecule has 0 aliphatic carbocycles. The van der Waals surface area contributed by atoms with Crippen molar-refractivity contribution in [3.63, 3.8) is 0 Å². The summed E-state index contributed by atoms with van der Waals surface area (Å²) >= 11 is 0. The molecular weight excluding hydrogens is 210 g/mol. The minimum atomic E-state index is 0.116. The van der Waals surface area contributed by atoms with Crippen LogP contribution < -0.4 is 10.1 Å². The van der Waals surface area contributed by atoms with Gasteiger partial charge in [-0.05, 0) is 18.9 Å². The van der Waals surface area contributed by atoms with Gasteiger partial charge >= 0.3 is 0 Å². The van der Waals surface area contributed by atoms with E-state index in [0.717, 1.165) is 18.6 Å². The molecule has 0 fully saturated rings. The van der Waals surface area contributed by atoms with Crippen molar-refractivity contribution >= 4 is 0 Å². The maximum atomic E-state index is 5.49. The molecule has 0 heterocycles. The summed E-state index contributed by atoms with van der Waals surface area (Å²) in [6.07, 6.45) is 7.41. The molecule has 2 heteroatoms. The molecular formula is C15H21NO.